The van der Waals surface area contributed by atoms with Crippen LogP contribution < -0.4 is 10.1 Å². The lowest BCUT2D eigenvalue weighted by molar-refractivity contribution is 0.243. The van der Waals surface area contributed by atoms with Gasteiger partial charge in [-0.2, -0.15) is 0 Å². The normalized spacial score (nSPS) is 15.0. The number of nitrogens with one attached hydrogen (secondary N) is 1. The van der Waals surface area contributed by atoms with Crippen molar-refractivity contribution in [2.45, 2.75) is 24.7 Å². The van der Waals surface area contributed by atoms with Crippen molar-refractivity contribution in [3.63, 3.8) is 0 Å². The Hall–Kier alpha value is -3.20. The summed E-state index contributed by atoms with van der Waals surface area (Å²) in [5, 5.41) is 12.6. The van der Waals surface area contributed by atoms with E-state index in [1.807, 2.05) is 18.2 Å². The van der Waals surface area contributed by atoms with Gasteiger partial charge in [0.2, 0.25) is 5.88 Å². The van der Waals surface area contributed by atoms with Gasteiger partial charge < -0.3 is 10.1 Å². The number of halogens is 1. The first-order valence-electron chi connectivity index (χ1n) is 9.67. The summed E-state index contributed by atoms with van der Waals surface area (Å²) in [5.41, 5.74) is 1.72. The monoisotopic (exact) mass is 422 g/mol. The van der Waals surface area contributed by atoms with Gasteiger partial charge in [-0.05, 0) is 43.2 Å². The van der Waals surface area contributed by atoms with E-state index in [4.69, 9.17) is 4.74 Å². The van der Waals surface area contributed by atoms with E-state index in [1.165, 1.54) is 17.4 Å². The van der Waals surface area contributed by atoms with Crippen LogP contribution in [-0.4, -0.2) is 38.8 Å². The molecule has 0 amide bonds. The molecule has 0 aromatic carbocycles. The van der Waals surface area contributed by atoms with E-state index in [0.29, 0.717) is 29.6 Å². The topological polar surface area (TPSA) is 85.7 Å². The highest BCUT2D eigenvalue weighted by Crippen LogP contribution is 2.43. The maximum atomic E-state index is 14.3. The SMILES string of the molecule is COc1ccc2nc(-c3ccc(NCC4(c5ncccc5F)CCC4)nn3)sc2n1. The van der Waals surface area contributed by atoms with Gasteiger partial charge in [0.1, 0.15) is 32.7 Å². The molecule has 9 heteroatoms. The van der Waals surface area contributed by atoms with Crippen molar-refractivity contribution in [2.75, 3.05) is 19.0 Å². The molecule has 5 rings (SSSR count). The van der Waals surface area contributed by atoms with E-state index < -0.39 is 0 Å². The van der Waals surface area contributed by atoms with Crippen LogP contribution in [0.1, 0.15) is 25.0 Å². The highest BCUT2D eigenvalue weighted by Gasteiger charge is 2.41. The molecule has 0 radical (unpaired) electrons. The Labute approximate surface area is 176 Å². The first-order valence-corrected chi connectivity index (χ1v) is 10.5. The molecule has 0 unspecified atom stereocenters. The van der Waals surface area contributed by atoms with E-state index in [9.17, 15) is 4.39 Å². The molecule has 0 atom stereocenters. The Morgan fingerprint density at radius 2 is 2.03 bits per heavy atom. The van der Waals surface area contributed by atoms with Crippen LogP contribution in [-0.2, 0) is 5.41 Å². The van der Waals surface area contributed by atoms with Crippen LogP contribution in [0, 0.1) is 5.82 Å². The molecular formula is C21H19FN6OS. The van der Waals surface area contributed by atoms with E-state index >= 15 is 0 Å². The molecule has 1 saturated carbocycles. The van der Waals surface area contributed by atoms with Gasteiger partial charge in [-0.3, -0.25) is 4.98 Å². The molecule has 0 spiro atoms. The molecule has 0 aliphatic heterocycles. The minimum Gasteiger partial charge on any atom is -0.481 e. The lowest BCUT2D eigenvalue weighted by atomic mass is 9.66. The summed E-state index contributed by atoms with van der Waals surface area (Å²) in [6.45, 7) is 0.569. The number of pyridine rings is 2. The summed E-state index contributed by atoms with van der Waals surface area (Å²) in [7, 11) is 1.59. The molecule has 152 valence electrons. The minimum absolute atomic E-state index is 0.249. The van der Waals surface area contributed by atoms with Crippen LogP contribution >= 0.6 is 11.3 Å². The molecule has 1 aliphatic carbocycles. The van der Waals surface area contributed by atoms with Gasteiger partial charge in [-0.25, -0.2) is 14.4 Å². The van der Waals surface area contributed by atoms with Crippen LogP contribution in [0.4, 0.5) is 10.2 Å². The standard InChI is InChI=1S/C21H19FN6OS/c1-29-17-8-6-14-19(26-17)30-20(25-14)15-5-7-16(28-27-15)24-12-21(9-3-10-21)18-13(22)4-2-11-23-18/h2,4-8,11H,3,9-10,12H2,1H3,(H,24,28). The minimum atomic E-state index is -0.288. The molecule has 4 aromatic rings. The van der Waals surface area contributed by atoms with Gasteiger partial charge in [-0.1, -0.05) is 17.8 Å². The van der Waals surface area contributed by atoms with Crippen LogP contribution in [0.25, 0.3) is 21.0 Å². The predicted molar refractivity (Wildman–Crippen MR) is 113 cm³/mol. The van der Waals surface area contributed by atoms with Gasteiger partial charge >= 0.3 is 0 Å². The molecule has 0 saturated heterocycles. The third-order valence-electron chi connectivity index (χ3n) is 5.50. The fourth-order valence-corrected chi connectivity index (χ4v) is 4.59. The van der Waals surface area contributed by atoms with Gasteiger partial charge in [0.05, 0.1) is 12.8 Å². The van der Waals surface area contributed by atoms with Crippen molar-refractivity contribution < 1.29 is 9.13 Å². The number of hydrogen-bond donors (Lipinski definition) is 1. The van der Waals surface area contributed by atoms with Crippen LogP contribution in [0.5, 0.6) is 5.88 Å². The summed E-state index contributed by atoms with van der Waals surface area (Å²) in [4.78, 5) is 14.1. The van der Waals surface area contributed by atoms with Crippen molar-refractivity contribution in [1.29, 1.82) is 0 Å². The number of ether oxygens (including phenoxy) is 1. The lowest BCUT2D eigenvalue weighted by Crippen LogP contribution is -2.42. The number of fused-ring (bicyclic) bond motifs is 1. The molecular weight excluding hydrogens is 403 g/mol. The first kappa shape index (κ1) is 18.8. The average Bonchev–Trinajstić information content (AvgIpc) is 3.18. The van der Waals surface area contributed by atoms with Gasteiger partial charge in [0.15, 0.2) is 0 Å². The molecule has 4 aromatic heterocycles. The summed E-state index contributed by atoms with van der Waals surface area (Å²) in [6.07, 6.45) is 4.53. The van der Waals surface area contributed by atoms with Crippen LogP contribution in [0.15, 0.2) is 42.6 Å². The van der Waals surface area contributed by atoms with Gasteiger partial charge in [0.25, 0.3) is 0 Å². The third kappa shape index (κ3) is 3.35. The summed E-state index contributed by atoms with van der Waals surface area (Å²) in [6, 6.07) is 10.5. The molecule has 1 N–H and O–H groups in total. The molecule has 0 bridgehead atoms. The zero-order valence-corrected chi connectivity index (χ0v) is 17.1. The van der Waals surface area contributed by atoms with Crippen LogP contribution in [0.2, 0.25) is 0 Å². The largest absolute Gasteiger partial charge is 0.481 e. The molecule has 4 heterocycles. The summed E-state index contributed by atoms with van der Waals surface area (Å²) >= 11 is 1.44. The number of nitrogens with zero attached hydrogens (tertiary/aromatic N) is 5. The molecule has 1 fully saturated rings. The number of thiazole rings is 1. The number of aromatic nitrogens is 5. The second kappa shape index (κ2) is 7.56. The maximum Gasteiger partial charge on any atom is 0.214 e. The Kier molecular flexibility index (Phi) is 4.74. The fourth-order valence-electron chi connectivity index (χ4n) is 3.70. The Morgan fingerprint density at radius 1 is 1.13 bits per heavy atom. The molecule has 1 aliphatic rings. The Balaban J connectivity index is 1.32. The van der Waals surface area contributed by atoms with Crippen molar-refractivity contribution >= 4 is 27.5 Å². The van der Waals surface area contributed by atoms with E-state index in [2.05, 4.69) is 30.5 Å². The van der Waals surface area contributed by atoms with E-state index in [1.54, 1.807) is 25.4 Å². The zero-order chi connectivity index (χ0) is 20.6. The Morgan fingerprint density at radius 3 is 2.73 bits per heavy atom. The maximum absolute atomic E-state index is 14.3. The van der Waals surface area contributed by atoms with E-state index in [-0.39, 0.29) is 11.2 Å². The van der Waals surface area contributed by atoms with E-state index in [0.717, 1.165) is 34.6 Å². The van der Waals surface area contributed by atoms with Crippen molar-refractivity contribution in [3.05, 3.63) is 54.1 Å². The number of hydrogen-bond acceptors (Lipinski definition) is 8. The van der Waals surface area contributed by atoms with Crippen molar-refractivity contribution in [1.82, 2.24) is 25.1 Å². The zero-order valence-electron chi connectivity index (χ0n) is 16.3. The second-order valence-corrected chi connectivity index (χ2v) is 8.30. The fraction of sp³-hybridized carbons (Fsp3) is 0.286. The number of anilines is 1. The average molecular weight is 422 g/mol. The summed E-state index contributed by atoms with van der Waals surface area (Å²) < 4.78 is 19.4. The molecule has 7 nitrogen and oxygen atoms in total. The summed E-state index contributed by atoms with van der Waals surface area (Å²) in [5.74, 6) is 0.946. The van der Waals surface area contributed by atoms with Gasteiger partial charge in [0, 0.05) is 24.2 Å². The first-order chi connectivity index (χ1) is 14.7. The number of rotatable bonds is 6. The number of methoxy groups -OCH3 is 1. The smallest absolute Gasteiger partial charge is 0.214 e. The van der Waals surface area contributed by atoms with Gasteiger partial charge in [-0.15, -0.1) is 10.2 Å². The highest BCUT2D eigenvalue weighted by molar-refractivity contribution is 7.21. The quantitative estimate of drug-likeness (QED) is 0.498. The predicted octanol–water partition coefficient (Wildman–Crippen LogP) is 4.22. The van der Waals surface area contributed by atoms with Crippen LogP contribution in [0.3, 0.4) is 0 Å². The lowest BCUT2D eigenvalue weighted by Gasteiger charge is -2.41. The Bertz CT molecular complexity index is 1190. The third-order valence-corrected chi connectivity index (χ3v) is 6.49. The van der Waals surface area contributed by atoms with Crippen molar-refractivity contribution in [2.24, 2.45) is 0 Å². The van der Waals surface area contributed by atoms with Crippen molar-refractivity contribution in [3.8, 4) is 16.6 Å². The molecule has 30 heavy (non-hydrogen) atoms. The second-order valence-electron chi connectivity index (χ2n) is 7.32. The highest BCUT2D eigenvalue weighted by atomic mass is 32.1.